The third kappa shape index (κ3) is 3.60. The molecule has 1 aliphatic heterocycles. The van der Waals surface area contributed by atoms with Gasteiger partial charge in [-0.3, -0.25) is 4.79 Å². The molecule has 1 atom stereocenters. The van der Waals surface area contributed by atoms with Gasteiger partial charge in [-0.25, -0.2) is 14.6 Å². The number of anilines is 1. The molecule has 2 aromatic heterocycles. The summed E-state index contributed by atoms with van der Waals surface area (Å²) in [6, 6.07) is 10.1. The van der Waals surface area contributed by atoms with E-state index < -0.39 is 0 Å². The molecule has 0 fully saturated rings. The van der Waals surface area contributed by atoms with Gasteiger partial charge < -0.3 is 5.32 Å². The summed E-state index contributed by atoms with van der Waals surface area (Å²) in [6.07, 6.45) is 4.06. The van der Waals surface area contributed by atoms with Gasteiger partial charge in [0.2, 0.25) is 5.91 Å². The topological polar surface area (TPSA) is 72.7 Å². The molecule has 6 nitrogen and oxygen atoms in total. The van der Waals surface area contributed by atoms with Gasteiger partial charge in [0.15, 0.2) is 5.16 Å². The highest BCUT2D eigenvalue weighted by Gasteiger charge is 2.32. The molecule has 0 radical (unpaired) electrons. The van der Waals surface area contributed by atoms with E-state index in [1.165, 1.54) is 0 Å². The molecular formula is C20H21N5OS. The third-order valence-electron chi connectivity index (χ3n) is 4.67. The Balaban J connectivity index is 1.70. The maximum Gasteiger partial charge on any atom is 0.226 e. The van der Waals surface area contributed by atoms with Crippen LogP contribution < -0.4 is 5.32 Å². The molecule has 0 unspecified atom stereocenters. The quantitative estimate of drug-likeness (QED) is 0.541. The molecule has 4 rings (SSSR count). The van der Waals surface area contributed by atoms with Crippen LogP contribution in [0.25, 0.3) is 0 Å². The summed E-state index contributed by atoms with van der Waals surface area (Å²) in [5, 5.41) is 8.48. The molecule has 1 aliphatic rings. The summed E-state index contributed by atoms with van der Waals surface area (Å²) < 4.78 is 1.88. The molecule has 1 amide bonds. The van der Waals surface area contributed by atoms with Crippen LogP contribution >= 0.6 is 11.8 Å². The highest BCUT2D eigenvalue weighted by atomic mass is 32.2. The van der Waals surface area contributed by atoms with Crippen molar-refractivity contribution in [3.63, 3.8) is 0 Å². The lowest BCUT2D eigenvalue weighted by Gasteiger charge is -2.24. The van der Waals surface area contributed by atoms with E-state index in [9.17, 15) is 4.79 Å². The van der Waals surface area contributed by atoms with E-state index in [2.05, 4.69) is 34.3 Å². The molecule has 0 saturated carbocycles. The number of fused-ring (bicyclic) bond motifs is 1. The first kappa shape index (κ1) is 17.7. The number of hydrogen-bond acceptors (Lipinski definition) is 5. The van der Waals surface area contributed by atoms with Crippen LogP contribution in [0.15, 0.2) is 47.9 Å². The number of carbonyl (C=O) groups excluding carboxylic acids is 1. The van der Waals surface area contributed by atoms with Gasteiger partial charge in [0.05, 0.1) is 12.2 Å². The van der Waals surface area contributed by atoms with Crippen molar-refractivity contribution in [2.24, 2.45) is 0 Å². The molecule has 3 aromatic rings. The first-order chi connectivity index (χ1) is 13.2. The van der Waals surface area contributed by atoms with Crippen molar-refractivity contribution in [1.29, 1.82) is 0 Å². The van der Waals surface area contributed by atoms with E-state index in [0.717, 1.165) is 39.1 Å². The van der Waals surface area contributed by atoms with Crippen molar-refractivity contribution in [3.8, 4) is 0 Å². The van der Waals surface area contributed by atoms with Crippen molar-refractivity contribution in [1.82, 2.24) is 19.7 Å². The number of rotatable bonds is 5. The van der Waals surface area contributed by atoms with Gasteiger partial charge in [0.1, 0.15) is 5.82 Å². The Morgan fingerprint density at radius 1 is 1.22 bits per heavy atom. The number of aryl methyl sites for hydroxylation is 1. The second kappa shape index (κ2) is 7.52. The molecule has 27 heavy (non-hydrogen) atoms. The summed E-state index contributed by atoms with van der Waals surface area (Å²) in [7, 11) is 0. The van der Waals surface area contributed by atoms with Crippen molar-refractivity contribution in [2.45, 2.75) is 37.9 Å². The lowest BCUT2D eigenvalue weighted by atomic mass is 9.87. The number of benzene rings is 1. The van der Waals surface area contributed by atoms with Gasteiger partial charge in [-0.1, -0.05) is 49.0 Å². The number of hydrogen-bond donors (Lipinski definition) is 1. The highest BCUT2D eigenvalue weighted by molar-refractivity contribution is 7.99. The fourth-order valence-electron chi connectivity index (χ4n) is 3.48. The maximum atomic E-state index is 12.4. The van der Waals surface area contributed by atoms with Crippen LogP contribution in [0.1, 0.15) is 41.6 Å². The first-order valence-corrected chi connectivity index (χ1v) is 10.00. The Kier molecular flexibility index (Phi) is 4.94. The Hall–Kier alpha value is -2.67. The second-order valence-corrected chi connectivity index (χ2v) is 7.76. The van der Waals surface area contributed by atoms with Crippen molar-refractivity contribution in [2.75, 3.05) is 11.1 Å². The summed E-state index contributed by atoms with van der Waals surface area (Å²) in [4.78, 5) is 21.3. The van der Waals surface area contributed by atoms with Gasteiger partial charge in [-0.2, -0.15) is 5.10 Å². The number of aromatic nitrogens is 4. The van der Waals surface area contributed by atoms with E-state index in [-0.39, 0.29) is 11.8 Å². The van der Waals surface area contributed by atoms with Crippen molar-refractivity contribution >= 4 is 23.5 Å². The minimum absolute atomic E-state index is 0.00581. The zero-order chi connectivity index (χ0) is 18.8. The lowest BCUT2D eigenvalue weighted by Crippen LogP contribution is -2.25. The van der Waals surface area contributed by atoms with Crippen LogP contribution in [0.2, 0.25) is 0 Å². The standard InChI is InChI=1S/C20H21N5OS/c1-3-27-20-21-10-15(11-22-20)16-9-17(26)23-19-18(16)13(2)24-25(19)12-14-7-5-4-6-8-14/h4-8,10-11,16H,3,9,12H2,1-2H3,(H,23,26)/t16-/m1/s1. The van der Waals surface area contributed by atoms with Crippen molar-refractivity contribution in [3.05, 3.63) is 65.1 Å². The number of carbonyl (C=O) groups is 1. The van der Waals surface area contributed by atoms with E-state index in [1.54, 1.807) is 11.8 Å². The maximum absolute atomic E-state index is 12.4. The largest absolute Gasteiger partial charge is 0.311 e. The fraction of sp³-hybridized carbons (Fsp3) is 0.300. The minimum atomic E-state index is -0.0704. The molecule has 7 heteroatoms. The number of nitrogens with one attached hydrogen (secondary N) is 1. The van der Waals surface area contributed by atoms with Gasteiger partial charge in [0, 0.05) is 30.3 Å². The summed E-state index contributed by atoms with van der Waals surface area (Å²) >= 11 is 1.61. The zero-order valence-electron chi connectivity index (χ0n) is 15.3. The second-order valence-electron chi connectivity index (χ2n) is 6.53. The van der Waals surface area contributed by atoms with Crippen LogP contribution in [0.3, 0.4) is 0 Å². The molecule has 1 aromatic carbocycles. The van der Waals surface area contributed by atoms with Crippen LogP contribution in [0.4, 0.5) is 5.82 Å². The van der Waals surface area contributed by atoms with Crippen LogP contribution in [0, 0.1) is 6.92 Å². The monoisotopic (exact) mass is 379 g/mol. The fourth-order valence-corrected chi connectivity index (χ4v) is 3.99. The van der Waals surface area contributed by atoms with Gasteiger partial charge in [-0.05, 0) is 23.8 Å². The molecular weight excluding hydrogens is 358 g/mol. The van der Waals surface area contributed by atoms with Crippen molar-refractivity contribution < 1.29 is 4.79 Å². The minimum Gasteiger partial charge on any atom is -0.311 e. The van der Waals surface area contributed by atoms with Crippen LogP contribution in [-0.2, 0) is 11.3 Å². The molecule has 0 bridgehead atoms. The average Bonchev–Trinajstić information content (AvgIpc) is 2.98. The Morgan fingerprint density at radius 2 is 1.96 bits per heavy atom. The smallest absolute Gasteiger partial charge is 0.226 e. The number of nitrogens with zero attached hydrogens (tertiary/aromatic N) is 4. The van der Waals surface area contributed by atoms with E-state index in [1.807, 2.05) is 42.2 Å². The SMILES string of the molecule is CCSc1ncc([C@H]2CC(=O)Nc3c2c(C)nn3Cc2ccccc2)cn1. The predicted octanol–water partition coefficient (Wildman–Crippen LogP) is 3.62. The summed E-state index contributed by atoms with van der Waals surface area (Å²) in [5.41, 5.74) is 4.08. The van der Waals surface area contributed by atoms with E-state index in [4.69, 9.17) is 5.10 Å². The van der Waals surface area contributed by atoms with Gasteiger partial charge >= 0.3 is 0 Å². The zero-order valence-corrected chi connectivity index (χ0v) is 16.2. The summed E-state index contributed by atoms with van der Waals surface area (Å²) in [6.45, 7) is 4.68. The molecule has 3 heterocycles. The molecule has 1 N–H and O–H groups in total. The highest BCUT2D eigenvalue weighted by Crippen LogP contribution is 2.39. The number of amides is 1. The molecule has 0 aliphatic carbocycles. The normalized spacial score (nSPS) is 16.1. The van der Waals surface area contributed by atoms with Gasteiger partial charge in [0.25, 0.3) is 0 Å². The Labute approximate surface area is 162 Å². The number of thioether (sulfide) groups is 1. The lowest BCUT2D eigenvalue weighted by molar-refractivity contribution is -0.116. The molecule has 0 saturated heterocycles. The summed E-state index contributed by atoms with van der Waals surface area (Å²) in [5.74, 6) is 1.64. The molecule has 0 spiro atoms. The van der Waals surface area contributed by atoms with Gasteiger partial charge in [-0.15, -0.1) is 0 Å². The Bertz CT molecular complexity index is 953. The predicted molar refractivity (Wildman–Crippen MR) is 106 cm³/mol. The Morgan fingerprint density at radius 3 is 2.67 bits per heavy atom. The average molecular weight is 379 g/mol. The third-order valence-corrected chi connectivity index (χ3v) is 5.43. The van der Waals surface area contributed by atoms with Crippen LogP contribution in [-0.4, -0.2) is 31.4 Å². The first-order valence-electron chi connectivity index (χ1n) is 9.01. The van der Waals surface area contributed by atoms with E-state index in [0.29, 0.717) is 13.0 Å². The van der Waals surface area contributed by atoms with E-state index >= 15 is 0 Å². The van der Waals surface area contributed by atoms with Crippen LogP contribution in [0.5, 0.6) is 0 Å². The molecule has 138 valence electrons.